The lowest BCUT2D eigenvalue weighted by atomic mass is 10.3. The van der Waals surface area contributed by atoms with Crippen LogP contribution in [-0.4, -0.2) is 17.8 Å². The van der Waals surface area contributed by atoms with Gasteiger partial charge in [-0.1, -0.05) is 18.5 Å². The Bertz CT molecular complexity index is 304. The number of ether oxygens (including phenoxy) is 1. The van der Waals surface area contributed by atoms with Crippen molar-refractivity contribution < 1.29 is 9.84 Å². The van der Waals surface area contributed by atoms with Crippen LogP contribution in [0.25, 0.3) is 0 Å². The first-order valence-corrected chi connectivity index (χ1v) is 5.56. The summed E-state index contributed by atoms with van der Waals surface area (Å²) in [6.45, 7) is 2.21. The van der Waals surface area contributed by atoms with Crippen molar-refractivity contribution in [2.45, 2.75) is 19.4 Å². The third-order valence-corrected chi connectivity index (χ3v) is 2.65. The quantitative estimate of drug-likeness (QED) is 0.917. The monoisotopic (exact) mass is 278 g/mol. The zero-order valence-electron chi connectivity index (χ0n) is 7.84. The smallest absolute Gasteiger partial charge is 0.133 e. The molecular weight excluding hydrogens is 267 g/mol. The molecule has 0 saturated heterocycles. The Kier molecular flexibility index (Phi) is 4.72. The third kappa shape index (κ3) is 3.48. The molecule has 2 nitrogen and oxygen atoms in total. The van der Waals surface area contributed by atoms with Crippen LogP contribution < -0.4 is 4.74 Å². The molecule has 1 aromatic carbocycles. The Balaban J connectivity index is 2.59. The average molecular weight is 280 g/mol. The number of aliphatic hydroxyl groups excluding tert-OH is 1. The van der Waals surface area contributed by atoms with E-state index in [0.717, 1.165) is 4.47 Å². The second-order valence-electron chi connectivity index (χ2n) is 2.95. The number of rotatable bonds is 4. The molecule has 1 aromatic rings. The standard InChI is InChI=1S/C10H12BrClO2/c1-2-8(13)6-14-10-4-3-7(12)5-9(10)11/h3-5,8,13H,2,6H2,1H3. The molecule has 78 valence electrons. The molecule has 0 bridgehead atoms. The van der Waals surface area contributed by atoms with Crippen LogP contribution in [0.2, 0.25) is 5.02 Å². The maximum atomic E-state index is 9.30. The van der Waals surface area contributed by atoms with E-state index in [1.807, 2.05) is 6.92 Å². The van der Waals surface area contributed by atoms with Crippen molar-refractivity contribution in [3.05, 3.63) is 27.7 Å². The van der Waals surface area contributed by atoms with Gasteiger partial charge < -0.3 is 9.84 Å². The van der Waals surface area contributed by atoms with Crippen molar-refractivity contribution in [1.29, 1.82) is 0 Å². The van der Waals surface area contributed by atoms with Crippen LogP contribution in [0.1, 0.15) is 13.3 Å². The van der Waals surface area contributed by atoms with Gasteiger partial charge in [-0.2, -0.15) is 0 Å². The fourth-order valence-electron chi connectivity index (χ4n) is 0.896. The molecule has 0 aliphatic rings. The molecule has 0 amide bonds. The first-order valence-electron chi connectivity index (χ1n) is 4.39. The minimum Gasteiger partial charge on any atom is -0.490 e. The highest BCUT2D eigenvalue weighted by Gasteiger charge is 2.05. The van der Waals surface area contributed by atoms with Crippen molar-refractivity contribution in [2.24, 2.45) is 0 Å². The zero-order valence-corrected chi connectivity index (χ0v) is 10.2. The van der Waals surface area contributed by atoms with Crippen molar-refractivity contribution >= 4 is 27.5 Å². The van der Waals surface area contributed by atoms with Gasteiger partial charge in [-0.15, -0.1) is 0 Å². The van der Waals surface area contributed by atoms with E-state index in [1.165, 1.54) is 0 Å². The van der Waals surface area contributed by atoms with Gasteiger partial charge in [0.05, 0.1) is 10.6 Å². The van der Waals surface area contributed by atoms with Crippen LogP contribution >= 0.6 is 27.5 Å². The lowest BCUT2D eigenvalue weighted by molar-refractivity contribution is 0.104. The number of halogens is 2. The topological polar surface area (TPSA) is 29.5 Å². The first-order chi connectivity index (χ1) is 6.63. The molecule has 1 unspecified atom stereocenters. The highest BCUT2D eigenvalue weighted by atomic mass is 79.9. The van der Waals surface area contributed by atoms with Gasteiger partial charge in [0.15, 0.2) is 0 Å². The van der Waals surface area contributed by atoms with Gasteiger partial charge in [0.2, 0.25) is 0 Å². The lowest BCUT2D eigenvalue weighted by Gasteiger charge is -2.11. The Hall–Kier alpha value is -0.250. The summed E-state index contributed by atoms with van der Waals surface area (Å²) in [5, 5.41) is 9.95. The van der Waals surface area contributed by atoms with Crippen LogP contribution in [0.3, 0.4) is 0 Å². The SMILES string of the molecule is CCC(O)COc1ccc(Cl)cc1Br. The van der Waals surface area contributed by atoms with Gasteiger partial charge in [0.25, 0.3) is 0 Å². The molecule has 4 heteroatoms. The number of hydrogen-bond acceptors (Lipinski definition) is 2. The van der Waals surface area contributed by atoms with Crippen molar-refractivity contribution in [3.63, 3.8) is 0 Å². The van der Waals surface area contributed by atoms with Gasteiger partial charge >= 0.3 is 0 Å². The highest BCUT2D eigenvalue weighted by Crippen LogP contribution is 2.27. The van der Waals surface area contributed by atoms with E-state index in [9.17, 15) is 5.11 Å². The highest BCUT2D eigenvalue weighted by molar-refractivity contribution is 9.10. The van der Waals surface area contributed by atoms with E-state index in [2.05, 4.69) is 15.9 Å². The van der Waals surface area contributed by atoms with Gasteiger partial charge in [0.1, 0.15) is 12.4 Å². The summed E-state index contributed by atoms with van der Waals surface area (Å²) >= 11 is 9.10. The van der Waals surface area contributed by atoms with E-state index in [-0.39, 0.29) is 0 Å². The Labute approximate surface area is 97.0 Å². The first kappa shape index (κ1) is 11.8. The van der Waals surface area contributed by atoms with E-state index in [4.69, 9.17) is 16.3 Å². The fourth-order valence-corrected chi connectivity index (χ4v) is 1.69. The second-order valence-corrected chi connectivity index (χ2v) is 4.24. The van der Waals surface area contributed by atoms with Crippen molar-refractivity contribution in [1.82, 2.24) is 0 Å². The molecule has 0 fully saturated rings. The van der Waals surface area contributed by atoms with Gasteiger partial charge in [0, 0.05) is 5.02 Å². The molecular formula is C10H12BrClO2. The summed E-state index contributed by atoms with van der Waals surface area (Å²) in [6, 6.07) is 5.28. The Morgan fingerprint density at radius 3 is 2.86 bits per heavy atom. The van der Waals surface area contributed by atoms with Crippen molar-refractivity contribution in [2.75, 3.05) is 6.61 Å². The van der Waals surface area contributed by atoms with E-state index in [1.54, 1.807) is 18.2 Å². The molecule has 0 saturated carbocycles. The van der Waals surface area contributed by atoms with Crippen LogP contribution in [-0.2, 0) is 0 Å². The number of aliphatic hydroxyl groups is 1. The Morgan fingerprint density at radius 1 is 1.57 bits per heavy atom. The molecule has 1 rings (SSSR count). The molecule has 0 aliphatic carbocycles. The number of benzene rings is 1. The molecule has 1 N–H and O–H groups in total. The maximum Gasteiger partial charge on any atom is 0.133 e. The minimum absolute atomic E-state index is 0.302. The molecule has 0 spiro atoms. The van der Waals surface area contributed by atoms with Crippen LogP contribution in [0.15, 0.2) is 22.7 Å². The normalized spacial score (nSPS) is 12.6. The predicted molar refractivity (Wildman–Crippen MR) is 60.9 cm³/mol. The zero-order chi connectivity index (χ0) is 10.6. The lowest BCUT2D eigenvalue weighted by Crippen LogP contribution is -2.16. The molecule has 0 aliphatic heterocycles. The van der Waals surface area contributed by atoms with E-state index >= 15 is 0 Å². The molecule has 0 radical (unpaired) electrons. The van der Waals surface area contributed by atoms with Gasteiger partial charge in [-0.3, -0.25) is 0 Å². The minimum atomic E-state index is -0.419. The maximum absolute atomic E-state index is 9.30. The molecule has 14 heavy (non-hydrogen) atoms. The largest absolute Gasteiger partial charge is 0.490 e. The fraction of sp³-hybridized carbons (Fsp3) is 0.400. The molecule has 0 heterocycles. The summed E-state index contributed by atoms with van der Waals surface area (Å²) in [5.74, 6) is 0.696. The average Bonchev–Trinajstić information content (AvgIpc) is 2.16. The van der Waals surface area contributed by atoms with Crippen LogP contribution in [0.4, 0.5) is 0 Å². The molecule has 0 aromatic heterocycles. The second kappa shape index (κ2) is 5.59. The van der Waals surface area contributed by atoms with Crippen molar-refractivity contribution in [3.8, 4) is 5.75 Å². The van der Waals surface area contributed by atoms with Crippen LogP contribution in [0.5, 0.6) is 5.75 Å². The Morgan fingerprint density at radius 2 is 2.29 bits per heavy atom. The summed E-state index contributed by atoms with van der Waals surface area (Å²) in [7, 11) is 0. The summed E-state index contributed by atoms with van der Waals surface area (Å²) < 4.78 is 6.19. The van der Waals surface area contributed by atoms with Gasteiger partial charge in [-0.25, -0.2) is 0 Å². The summed E-state index contributed by atoms with van der Waals surface area (Å²) in [6.07, 6.45) is 0.267. The third-order valence-electron chi connectivity index (χ3n) is 1.80. The van der Waals surface area contributed by atoms with E-state index in [0.29, 0.717) is 23.8 Å². The number of hydrogen-bond donors (Lipinski definition) is 1. The van der Waals surface area contributed by atoms with Crippen LogP contribution in [0, 0.1) is 0 Å². The van der Waals surface area contributed by atoms with E-state index < -0.39 is 6.10 Å². The summed E-state index contributed by atoms with van der Waals surface area (Å²) in [4.78, 5) is 0. The predicted octanol–water partition coefficient (Wildman–Crippen LogP) is 3.25. The summed E-state index contributed by atoms with van der Waals surface area (Å²) in [5.41, 5.74) is 0. The molecule has 1 atom stereocenters. The van der Waals surface area contributed by atoms with Gasteiger partial charge in [-0.05, 0) is 40.5 Å².